The summed E-state index contributed by atoms with van der Waals surface area (Å²) >= 11 is 0. The summed E-state index contributed by atoms with van der Waals surface area (Å²) in [6.45, 7) is 9.05. The molecule has 0 saturated carbocycles. The first-order valence-corrected chi connectivity index (χ1v) is 9.89. The van der Waals surface area contributed by atoms with Crippen molar-refractivity contribution >= 4 is 17.7 Å². The molecule has 0 aliphatic carbocycles. The Morgan fingerprint density at radius 1 is 1.07 bits per heavy atom. The molecule has 0 spiro atoms. The van der Waals surface area contributed by atoms with E-state index in [1.54, 1.807) is 0 Å². The van der Waals surface area contributed by atoms with Crippen molar-refractivity contribution in [3.8, 4) is 11.5 Å². The summed E-state index contributed by atoms with van der Waals surface area (Å²) in [5.74, 6) is 0.865. The van der Waals surface area contributed by atoms with E-state index in [1.165, 1.54) is 4.90 Å². The molecule has 1 aliphatic heterocycles. The van der Waals surface area contributed by atoms with Gasteiger partial charge < -0.3 is 14.8 Å². The van der Waals surface area contributed by atoms with Gasteiger partial charge in [0.1, 0.15) is 0 Å². The fourth-order valence-corrected chi connectivity index (χ4v) is 3.23. The molecule has 1 aromatic carbocycles. The molecule has 1 aliphatic rings. The third-order valence-corrected chi connectivity index (χ3v) is 4.63. The summed E-state index contributed by atoms with van der Waals surface area (Å²) in [5, 5.41) is 3.02. The van der Waals surface area contributed by atoms with Crippen molar-refractivity contribution < 1.29 is 23.9 Å². The molecule has 2 rings (SSSR count). The second kappa shape index (κ2) is 10.1. The molecule has 0 unspecified atom stereocenters. The SMILES string of the molecule is CCOc1ccc([C@@H](NC(=O)CCN2C(=O)CCC2=O)C(C)C)cc1OCC. The van der Waals surface area contributed by atoms with E-state index in [0.717, 1.165) is 5.56 Å². The van der Waals surface area contributed by atoms with E-state index in [2.05, 4.69) is 5.32 Å². The van der Waals surface area contributed by atoms with Crippen molar-refractivity contribution in [2.45, 2.75) is 53.0 Å². The highest BCUT2D eigenvalue weighted by molar-refractivity contribution is 6.02. The number of ether oxygens (including phenoxy) is 2. The van der Waals surface area contributed by atoms with E-state index in [0.29, 0.717) is 24.7 Å². The van der Waals surface area contributed by atoms with Crippen molar-refractivity contribution in [3.05, 3.63) is 23.8 Å². The molecule has 1 heterocycles. The molecular formula is C21H30N2O5. The molecule has 154 valence electrons. The average Bonchev–Trinajstić information content (AvgIpc) is 2.97. The minimum atomic E-state index is -0.215. The maximum absolute atomic E-state index is 12.5. The highest BCUT2D eigenvalue weighted by Crippen LogP contribution is 2.33. The molecule has 28 heavy (non-hydrogen) atoms. The van der Waals surface area contributed by atoms with E-state index in [1.807, 2.05) is 45.9 Å². The number of likely N-dealkylation sites (tertiary alicyclic amines) is 1. The third kappa shape index (κ3) is 5.47. The Kier molecular flexibility index (Phi) is 7.84. The van der Waals surface area contributed by atoms with Crippen LogP contribution in [0.3, 0.4) is 0 Å². The molecule has 1 N–H and O–H groups in total. The average molecular weight is 390 g/mol. The van der Waals surface area contributed by atoms with Gasteiger partial charge in [0.25, 0.3) is 0 Å². The molecule has 0 radical (unpaired) electrons. The van der Waals surface area contributed by atoms with Gasteiger partial charge in [-0.25, -0.2) is 0 Å². The minimum Gasteiger partial charge on any atom is -0.490 e. The largest absolute Gasteiger partial charge is 0.490 e. The molecule has 7 nitrogen and oxygen atoms in total. The molecule has 1 saturated heterocycles. The van der Waals surface area contributed by atoms with Gasteiger partial charge in [0.15, 0.2) is 11.5 Å². The van der Waals surface area contributed by atoms with Gasteiger partial charge in [-0.1, -0.05) is 19.9 Å². The first-order chi connectivity index (χ1) is 13.4. The number of carbonyl (C=O) groups excluding carboxylic acids is 3. The van der Waals surface area contributed by atoms with Gasteiger partial charge in [-0.05, 0) is 37.5 Å². The number of hydrogen-bond acceptors (Lipinski definition) is 5. The lowest BCUT2D eigenvalue weighted by molar-refractivity contribution is -0.138. The smallest absolute Gasteiger partial charge is 0.229 e. The highest BCUT2D eigenvalue weighted by atomic mass is 16.5. The standard InChI is InChI=1S/C21H30N2O5/c1-5-27-16-8-7-15(13-17(16)28-6-2)21(14(3)4)22-18(24)11-12-23-19(25)9-10-20(23)26/h7-8,13-14,21H,5-6,9-12H2,1-4H3,(H,22,24)/t21-/m0/s1. The van der Waals surface area contributed by atoms with Gasteiger partial charge >= 0.3 is 0 Å². The van der Waals surface area contributed by atoms with Crippen LogP contribution in [0.4, 0.5) is 0 Å². The normalized spacial score (nSPS) is 15.1. The molecule has 1 aromatic rings. The van der Waals surface area contributed by atoms with E-state index >= 15 is 0 Å². The van der Waals surface area contributed by atoms with Crippen LogP contribution in [-0.4, -0.2) is 42.4 Å². The van der Waals surface area contributed by atoms with E-state index < -0.39 is 0 Å². The molecule has 0 bridgehead atoms. The molecule has 3 amide bonds. The van der Waals surface area contributed by atoms with E-state index in [4.69, 9.17) is 9.47 Å². The van der Waals surface area contributed by atoms with Crippen LogP contribution >= 0.6 is 0 Å². The topological polar surface area (TPSA) is 84.9 Å². The lowest BCUT2D eigenvalue weighted by atomic mass is 9.95. The lowest BCUT2D eigenvalue weighted by Crippen LogP contribution is -2.36. The predicted molar refractivity (Wildman–Crippen MR) is 105 cm³/mol. The zero-order chi connectivity index (χ0) is 20.7. The summed E-state index contributed by atoms with van der Waals surface area (Å²) in [4.78, 5) is 37.0. The first kappa shape index (κ1) is 21.7. The number of hydrogen-bond donors (Lipinski definition) is 1. The van der Waals surface area contributed by atoms with Crippen LogP contribution in [0.25, 0.3) is 0 Å². The molecule has 7 heteroatoms. The number of imide groups is 1. The van der Waals surface area contributed by atoms with Gasteiger partial charge in [0.05, 0.1) is 19.3 Å². The first-order valence-electron chi connectivity index (χ1n) is 9.89. The molecule has 0 aromatic heterocycles. The predicted octanol–water partition coefficient (Wildman–Crippen LogP) is 2.84. The second-order valence-electron chi connectivity index (χ2n) is 7.05. The zero-order valence-corrected chi connectivity index (χ0v) is 17.1. The number of nitrogens with one attached hydrogen (secondary N) is 1. The number of benzene rings is 1. The summed E-state index contributed by atoms with van der Waals surface area (Å²) in [5.41, 5.74) is 0.920. The Balaban J connectivity index is 2.07. The van der Waals surface area contributed by atoms with Crippen LogP contribution in [0.2, 0.25) is 0 Å². The van der Waals surface area contributed by atoms with Crippen LogP contribution in [0, 0.1) is 5.92 Å². The molecule has 1 fully saturated rings. The van der Waals surface area contributed by atoms with E-state index in [-0.39, 0.29) is 55.5 Å². The maximum Gasteiger partial charge on any atom is 0.229 e. The van der Waals surface area contributed by atoms with Crippen molar-refractivity contribution in [2.75, 3.05) is 19.8 Å². The second-order valence-corrected chi connectivity index (χ2v) is 7.05. The Bertz CT molecular complexity index is 701. The summed E-state index contributed by atoms with van der Waals surface area (Å²) in [6.07, 6.45) is 0.568. The van der Waals surface area contributed by atoms with Crippen molar-refractivity contribution in [1.29, 1.82) is 0 Å². The number of carbonyl (C=O) groups is 3. The Morgan fingerprint density at radius 3 is 2.25 bits per heavy atom. The van der Waals surface area contributed by atoms with Crippen molar-refractivity contribution in [3.63, 3.8) is 0 Å². The van der Waals surface area contributed by atoms with Gasteiger partial charge in [-0.2, -0.15) is 0 Å². The maximum atomic E-state index is 12.5. The number of nitrogens with zero attached hydrogens (tertiary/aromatic N) is 1. The van der Waals surface area contributed by atoms with E-state index in [9.17, 15) is 14.4 Å². The van der Waals surface area contributed by atoms with Crippen LogP contribution in [0.15, 0.2) is 18.2 Å². The fourth-order valence-electron chi connectivity index (χ4n) is 3.23. The highest BCUT2D eigenvalue weighted by Gasteiger charge is 2.29. The van der Waals surface area contributed by atoms with Crippen molar-refractivity contribution in [1.82, 2.24) is 10.2 Å². The van der Waals surface area contributed by atoms with Crippen LogP contribution in [0.5, 0.6) is 11.5 Å². The molecule has 1 atom stereocenters. The minimum absolute atomic E-state index is 0.0933. The number of rotatable bonds is 10. The Morgan fingerprint density at radius 2 is 1.68 bits per heavy atom. The lowest BCUT2D eigenvalue weighted by Gasteiger charge is -2.24. The summed E-state index contributed by atoms with van der Waals surface area (Å²) in [6, 6.07) is 5.46. The van der Waals surface area contributed by atoms with Crippen molar-refractivity contribution in [2.24, 2.45) is 5.92 Å². The quantitative estimate of drug-likeness (QED) is 0.621. The third-order valence-electron chi connectivity index (χ3n) is 4.63. The zero-order valence-electron chi connectivity index (χ0n) is 17.1. The monoisotopic (exact) mass is 390 g/mol. The van der Waals surface area contributed by atoms with Crippen LogP contribution < -0.4 is 14.8 Å². The van der Waals surface area contributed by atoms with Gasteiger partial charge in [0.2, 0.25) is 17.7 Å². The summed E-state index contributed by atoms with van der Waals surface area (Å²) in [7, 11) is 0. The van der Waals surface area contributed by atoms with Gasteiger partial charge in [-0.3, -0.25) is 19.3 Å². The van der Waals surface area contributed by atoms with Crippen LogP contribution in [0.1, 0.15) is 58.6 Å². The Labute approximate surface area is 166 Å². The Hall–Kier alpha value is -2.57. The van der Waals surface area contributed by atoms with Gasteiger partial charge in [0, 0.05) is 25.8 Å². The summed E-state index contributed by atoms with van der Waals surface area (Å²) < 4.78 is 11.3. The van der Waals surface area contributed by atoms with Crippen LogP contribution in [-0.2, 0) is 14.4 Å². The van der Waals surface area contributed by atoms with Gasteiger partial charge in [-0.15, -0.1) is 0 Å². The fraction of sp³-hybridized carbons (Fsp3) is 0.571. The molecular weight excluding hydrogens is 360 g/mol. The number of amides is 3.